The molecular weight excluding hydrogens is 300 g/mol. The molecule has 1 atom stereocenters. The zero-order valence-corrected chi connectivity index (χ0v) is 14.0. The molecule has 3 rings (SSSR count). The van der Waals surface area contributed by atoms with Gasteiger partial charge in [-0.25, -0.2) is 0 Å². The van der Waals surface area contributed by atoms with Crippen LogP contribution in [0.4, 0.5) is 5.69 Å². The van der Waals surface area contributed by atoms with Crippen LogP contribution in [0.3, 0.4) is 0 Å². The first-order valence-electron chi connectivity index (χ1n) is 8.48. The molecule has 1 aliphatic heterocycles. The zero-order valence-electron chi connectivity index (χ0n) is 14.0. The molecule has 0 unspecified atom stereocenters. The van der Waals surface area contributed by atoms with E-state index in [2.05, 4.69) is 54.0 Å². The van der Waals surface area contributed by atoms with Crippen molar-refractivity contribution in [3.8, 4) is 0 Å². The number of benzene rings is 2. The third-order valence-electron chi connectivity index (χ3n) is 4.44. The summed E-state index contributed by atoms with van der Waals surface area (Å²) in [6, 6.07) is 15.2. The van der Waals surface area contributed by atoms with Crippen LogP contribution in [0.15, 0.2) is 42.5 Å². The Morgan fingerprint density at radius 2 is 2.17 bits per heavy atom. The molecule has 0 aliphatic carbocycles. The SMILES string of the molecule is Cc1cccc([C@@H]2CCc3cc(CC(=O)NCCO)ccc3N2)c1. The van der Waals surface area contributed by atoms with Gasteiger partial charge >= 0.3 is 0 Å². The van der Waals surface area contributed by atoms with Gasteiger partial charge in [-0.15, -0.1) is 0 Å². The predicted octanol–water partition coefficient (Wildman–Crippen LogP) is 2.75. The van der Waals surface area contributed by atoms with E-state index >= 15 is 0 Å². The number of aliphatic hydroxyl groups is 1. The molecule has 0 saturated carbocycles. The second-order valence-corrected chi connectivity index (χ2v) is 6.39. The minimum absolute atomic E-state index is 0.0276. The molecule has 0 spiro atoms. The van der Waals surface area contributed by atoms with Crippen molar-refractivity contribution in [1.29, 1.82) is 0 Å². The standard InChI is InChI=1S/C20H24N2O2/c1-14-3-2-4-16(11-14)19-8-6-17-12-15(5-7-18(17)22-19)13-20(24)21-9-10-23/h2-5,7,11-12,19,22-23H,6,8-10,13H2,1H3,(H,21,24)/t19-/m0/s1. The second-order valence-electron chi connectivity index (χ2n) is 6.39. The Kier molecular flexibility index (Phi) is 5.16. The number of carbonyl (C=O) groups excluding carboxylic acids is 1. The van der Waals surface area contributed by atoms with E-state index in [1.807, 2.05) is 6.07 Å². The van der Waals surface area contributed by atoms with Gasteiger partial charge in [0.15, 0.2) is 0 Å². The average molecular weight is 324 g/mol. The Balaban J connectivity index is 1.69. The van der Waals surface area contributed by atoms with E-state index in [1.165, 1.54) is 16.7 Å². The molecule has 4 nitrogen and oxygen atoms in total. The molecular formula is C20H24N2O2. The minimum Gasteiger partial charge on any atom is -0.395 e. The van der Waals surface area contributed by atoms with Crippen molar-refractivity contribution >= 4 is 11.6 Å². The van der Waals surface area contributed by atoms with Crippen LogP contribution in [-0.2, 0) is 17.6 Å². The van der Waals surface area contributed by atoms with Crippen molar-refractivity contribution in [3.63, 3.8) is 0 Å². The summed E-state index contributed by atoms with van der Waals surface area (Å²) in [5, 5.41) is 15.1. The zero-order chi connectivity index (χ0) is 16.9. The van der Waals surface area contributed by atoms with Gasteiger partial charge in [-0.2, -0.15) is 0 Å². The number of fused-ring (bicyclic) bond motifs is 1. The number of aryl methyl sites for hydroxylation is 2. The van der Waals surface area contributed by atoms with Crippen molar-refractivity contribution < 1.29 is 9.90 Å². The molecule has 0 fully saturated rings. The monoisotopic (exact) mass is 324 g/mol. The molecule has 2 aromatic rings. The van der Waals surface area contributed by atoms with E-state index in [1.54, 1.807) is 0 Å². The second kappa shape index (κ2) is 7.49. The van der Waals surface area contributed by atoms with Crippen molar-refractivity contribution in [2.75, 3.05) is 18.5 Å². The highest BCUT2D eigenvalue weighted by Gasteiger charge is 2.19. The lowest BCUT2D eigenvalue weighted by Crippen LogP contribution is -2.28. The molecule has 0 aromatic heterocycles. The predicted molar refractivity (Wildman–Crippen MR) is 96.1 cm³/mol. The van der Waals surface area contributed by atoms with E-state index in [0.29, 0.717) is 19.0 Å². The largest absolute Gasteiger partial charge is 0.395 e. The van der Waals surface area contributed by atoms with Gasteiger partial charge in [-0.05, 0) is 42.5 Å². The lowest BCUT2D eigenvalue weighted by Gasteiger charge is -2.28. The normalized spacial score (nSPS) is 16.2. The van der Waals surface area contributed by atoms with Crippen LogP contribution >= 0.6 is 0 Å². The van der Waals surface area contributed by atoms with Crippen molar-refractivity contribution in [2.24, 2.45) is 0 Å². The van der Waals surface area contributed by atoms with E-state index in [9.17, 15) is 4.79 Å². The van der Waals surface area contributed by atoms with Crippen LogP contribution in [0.1, 0.15) is 34.7 Å². The van der Waals surface area contributed by atoms with Crippen LogP contribution < -0.4 is 10.6 Å². The van der Waals surface area contributed by atoms with E-state index in [-0.39, 0.29) is 12.5 Å². The highest BCUT2D eigenvalue weighted by molar-refractivity contribution is 5.78. The lowest BCUT2D eigenvalue weighted by atomic mass is 9.91. The van der Waals surface area contributed by atoms with Crippen LogP contribution in [0.2, 0.25) is 0 Å². The van der Waals surface area contributed by atoms with Crippen molar-refractivity contribution in [1.82, 2.24) is 5.32 Å². The summed E-state index contributed by atoms with van der Waals surface area (Å²) in [5.41, 5.74) is 6.05. The summed E-state index contributed by atoms with van der Waals surface area (Å²) < 4.78 is 0. The molecule has 24 heavy (non-hydrogen) atoms. The van der Waals surface area contributed by atoms with Gasteiger partial charge in [0.2, 0.25) is 5.91 Å². The highest BCUT2D eigenvalue weighted by Crippen LogP contribution is 2.33. The Morgan fingerprint density at radius 1 is 1.29 bits per heavy atom. The number of carbonyl (C=O) groups is 1. The van der Waals surface area contributed by atoms with Gasteiger partial charge in [0.25, 0.3) is 0 Å². The Morgan fingerprint density at radius 3 is 2.96 bits per heavy atom. The molecule has 0 radical (unpaired) electrons. The van der Waals surface area contributed by atoms with Gasteiger partial charge in [0.05, 0.1) is 19.1 Å². The number of hydrogen-bond donors (Lipinski definition) is 3. The Bertz CT molecular complexity index is 727. The maximum atomic E-state index is 11.8. The van der Waals surface area contributed by atoms with Crippen LogP contribution in [-0.4, -0.2) is 24.2 Å². The summed E-state index contributed by atoms with van der Waals surface area (Å²) in [7, 11) is 0. The third kappa shape index (κ3) is 3.95. The number of rotatable bonds is 5. The Labute approximate surface area is 142 Å². The maximum absolute atomic E-state index is 11.8. The summed E-state index contributed by atoms with van der Waals surface area (Å²) in [6.07, 6.45) is 2.41. The smallest absolute Gasteiger partial charge is 0.224 e. The van der Waals surface area contributed by atoms with E-state index in [4.69, 9.17) is 5.11 Å². The van der Waals surface area contributed by atoms with Gasteiger partial charge in [0.1, 0.15) is 0 Å². The van der Waals surface area contributed by atoms with Crippen molar-refractivity contribution in [3.05, 3.63) is 64.7 Å². The quantitative estimate of drug-likeness (QED) is 0.792. The van der Waals surface area contributed by atoms with Crippen molar-refractivity contribution in [2.45, 2.75) is 32.2 Å². The van der Waals surface area contributed by atoms with Gasteiger partial charge < -0.3 is 15.7 Å². The molecule has 1 amide bonds. The summed E-state index contributed by atoms with van der Waals surface area (Å²) in [5.74, 6) is -0.0506. The van der Waals surface area contributed by atoms with E-state index in [0.717, 1.165) is 24.1 Å². The minimum atomic E-state index is -0.0506. The summed E-state index contributed by atoms with van der Waals surface area (Å²) in [6.45, 7) is 2.40. The lowest BCUT2D eigenvalue weighted by molar-refractivity contribution is -0.120. The average Bonchev–Trinajstić information content (AvgIpc) is 2.59. The van der Waals surface area contributed by atoms with Gasteiger partial charge in [-0.3, -0.25) is 4.79 Å². The number of hydrogen-bond acceptors (Lipinski definition) is 3. The van der Waals surface area contributed by atoms with Crippen LogP contribution in [0.25, 0.3) is 0 Å². The maximum Gasteiger partial charge on any atom is 0.224 e. The molecule has 0 saturated heterocycles. The summed E-state index contributed by atoms with van der Waals surface area (Å²) >= 11 is 0. The fourth-order valence-corrected chi connectivity index (χ4v) is 3.24. The van der Waals surface area contributed by atoms with E-state index < -0.39 is 0 Å². The topological polar surface area (TPSA) is 61.4 Å². The van der Waals surface area contributed by atoms with Crippen LogP contribution in [0.5, 0.6) is 0 Å². The highest BCUT2D eigenvalue weighted by atomic mass is 16.3. The summed E-state index contributed by atoms with van der Waals surface area (Å²) in [4.78, 5) is 11.8. The molecule has 4 heteroatoms. The van der Waals surface area contributed by atoms with Crippen LogP contribution in [0, 0.1) is 6.92 Å². The molecule has 0 bridgehead atoms. The number of anilines is 1. The molecule has 3 N–H and O–H groups in total. The Hall–Kier alpha value is -2.33. The van der Waals surface area contributed by atoms with Gasteiger partial charge in [-0.1, -0.05) is 42.0 Å². The molecule has 2 aromatic carbocycles. The molecule has 1 aliphatic rings. The number of amides is 1. The molecule has 126 valence electrons. The molecule has 1 heterocycles. The third-order valence-corrected chi connectivity index (χ3v) is 4.44. The first kappa shape index (κ1) is 16.5. The fourth-order valence-electron chi connectivity index (χ4n) is 3.24. The first-order chi connectivity index (χ1) is 11.7. The first-order valence-corrected chi connectivity index (χ1v) is 8.48. The number of aliphatic hydroxyl groups excluding tert-OH is 1. The fraction of sp³-hybridized carbons (Fsp3) is 0.350. The van der Waals surface area contributed by atoms with Gasteiger partial charge in [0, 0.05) is 12.2 Å². The number of nitrogens with one attached hydrogen (secondary N) is 2.